The summed E-state index contributed by atoms with van der Waals surface area (Å²) in [6.45, 7) is 0.273. The largest absolute Gasteiger partial charge is 0.478 e. The second kappa shape index (κ2) is 5.99. The second-order valence-corrected chi connectivity index (χ2v) is 5.35. The molecule has 0 bridgehead atoms. The average Bonchev–Trinajstić information content (AvgIpc) is 3.11. The van der Waals surface area contributed by atoms with Gasteiger partial charge in [-0.3, -0.25) is 0 Å². The van der Waals surface area contributed by atoms with Crippen molar-refractivity contribution in [2.24, 2.45) is 0 Å². The van der Waals surface area contributed by atoms with Crippen molar-refractivity contribution in [3.63, 3.8) is 0 Å². The SMILES string of the molecule is O=C(O)c1cccc(-c2nnc(-c3cc(F)cc4c3OCOC4)o2)c1. The molecule has 1 aromatic heterocycles. The van der Waals surface area contributed by atoms with Crippen molar-refractivity contribution in [2.75, 3.05) is 6.79 Å². The van der Waals surface area contributed by atoms with Crippen LogP contribution in [-0.2, 0) is 11.3 Å². The first kappa shape index (κ1) is 15.3. The minimum Gasteiger partial charge on any atom is -0.478 e. The Morgan fingerprint density at radius 2 is 2.00 bits per heavy atom. The molecule has 8 heteroatoms. The van der Waals surface area contributed by atoms with Crippen LogP contribution < -0.4 is 4.74 Å². The third-order valence-electron chi connectivity index (χ3n) is 3.69. The molecule has 0 aliphatic carbocycles. The van der Waals surface area contributed by atoms with Crippen LogP contribution in [-0.4, -0.2) is 28.1 Å². The number of aromatic nitrogens is 2. The van der Waals surface area contributed by atoms with E-state index in [0.29, 0.717) is 22.4 Å². The van der Waals surface area contributed by atoms with Crippen LogP contribution >= 0.6 is 0 Å². The Labute approximate surface area is 140 Å². The maximum absolute atomic E-state index is 13.8. The number of carboxylic acid groups (broad SMARTS) is 1. The third-order valence-corrected chi connectivity index (χ3v) is 3.69. The molecule has 1 aliphatic rings. The number of hydrogen-bond donors (Lipinski definition) is 1. The van der Waals surface area contributed by atoms with Gasteiger partial charge in [0.2, 0.25) is 5.89 Å². The molecule has 1 N–H and O–H groups in total. The smallest absolute Gasteiger partial charge is 0.335 e. The lowest BCUT2D eigenvalue weighted by atomic mass is 10.1. The summed E-state index contributed by atoms with van der Waals surface area (Å²) in [6.07, 6.45) is 0. The van der Waals surface area contributed by atoms with Crippen molar-refractivity contribution in [3.8, 4) is 28.7 Å². The minimum atomic E-state index is -1.06. The van der Waals surface area contributed by atoms with Crippen LogP contribution in [0.4, 0.5) is 4.39 Å². The Balaban J connectivity index is 1.76. The lowest BCUT2D eigenvalue weighted by Gasteiger charge is -2.19. The highest BCUT2D eigenvalue weighted by Gasteiger charge is 2.22. The van der Waals surface area contributed by atoms with Gasteiger partial charge in [-0.05, 0) is 30.3 Å². The Kier molecular flexibility index (Phi) is 3.66. The molecule has 25 heavy (non-hydrogen) atoms. The van der Waals surface area contributed by atoms with E-state index in [4.69, 9.17) is 19.0 Å². The number of carboxylic acids is 1. The van der Waals surface area contributed by atoms with Gasteiger partial charge in [-0.25, -0.2) is 9.18 Å². The van der Waals surface area contributed by atoms with Gasteiger partial charge < -0.3 is 19.0 Å². The predicted octanol–water partition coefficient (Wildman–Crippen LogP) is 3.11. The maximum Gasteiger partial charge on any atom is 0.335 e. The van der Waals surface area contributed by atoms with E-state index < -0.39 is 11.8 Å². The number of benzene rings is 2. The van der Waals surface area contributed by atoms with Gasteiger partial charge in [-0.2, -0.15) is 0 Å². The molecule has 3 aromatic rings. The number of aromatic carboxylic acids is 1. The second-order valence-electron chi connectivity index (χ2n) is 5.35. The monoisotopic (exact) mass is 342 g/mol. The number of halogens is 1. The fraction of sp³-hybridized carbons (Fsp3) is 0.118. The zero-order chi connectivity index (χ0) is 17.4. The van der Waals surface area contributed by atoms with Gasteiger partial charge in [0.15, 0.2) is 6.79 Å². The molecule has 0 fully saturated rings. The van der Waals surface area contributed by atoms with E-state index in [-0.39, 0.29) is 30.7 Å². The van der Waals surface area contributed by atoms with E-state index in [1.807, 2.05) is 0 Å². The predicted molar refractivity (Wildman–Crippen MR) is 82.4 cm³/mol. The van der Waals surface area contributed by atoms with Crippen molar-refractivity contribution in [1.29, 1.82) is 0 Å². The lowest BCUT2D eigenvalue weighted by Crippen LogP contribution is -2.12. The molecule has 0 amide bonds. The van der Waals surface area contributed by atoms with Gasteiger partial charge in [0.05, 0.1) is 17.7 Å². The van der Waals surface area contributed by atoms with E-state index in [1.165, 1.54) is 24.3 Å². The van der Waals surface area contributed by atoms with Gasteiger partial charge in [0.1, 0.15) is 11.6 Å². The van der Waals surface area contributed by atoms with Crippen molar-refractivity contribution < 1.29 is 28.2 Å². The summed E-state index contributed by atoms with van der Waals surface area (Å²) in [5, 5.41) is 16.9. The van der Waals surface area contributed by atoms with Crippen molar-refractivity contribution in [1.82, 2.24) is 10.2 Å². The number of rotatable bonds is 3. The quantitative estimate of drug-likeness (QED) is 0.781. The number of nitrogens with zero attached hydrogens (tertiary/aromatic N) is 2. The van der Waals surface area contributed by atoms with Gasteiger partial charge in [-0.1, -0.05) is 6.07 Å². The molecule has 0 saturated heterocycles. The Hall–Kier alpha value is -3.26. The molecule has 7 nitrogen and oxygen atoms in total. The summed E-state index contributed by atoms with van der Waals surface area (Å²) in [6, 6.07) is 8.67. The van der Waals surface area contributed by atoms with Gasteiger partial charge in [0, 0.05) is 11.1 Å². The molecule has 4 rings (SSSR count). The highest BCUT2D eigenvalue weighted by Crippen LogP contribution is 2.37. The Morgan fingerprint density at radius 3 is 2.84 bits per heavy atom. The normalized spacial score (nSPS) is 13.2. The third kappa shape index (κ3) is 2.83. The van der Waals surface area contributed by atoms with Crippen molar-refractivity contribution in [2.45, 2.75) is 6.61 Å². The molecule has 126 valence electrons. The van der Waals surface area contributed by atoms with Crippen LogP contribution in [0.5, 0.6) is 5.75 Å². The van der Waals surface area contributed by atoms with E-state index in [0.717, 1.165) is 0 Å². The molecule has 1 aliphatic heterocycles. The molecular formula is C17H11FN2O5. The summed E-state index contributed by atoms with van der Waals surface area (Å²) in [5.74, 6) is -0.900. The van der Waals surface area contributed by atoms with Crippen LogP contribution in [0.25, 0.3) is 22.9 Å². The standard InChI is InChI=1S/C17H11FN2O5/c18-12-5-11-7-23-8-24-14(11)13(6-12)16-20-19-15(25-16)9-2-1-3-10(4-9)17(21)22/h1-6H,7-8H2,(H,21,22). The number of fused-ring (bicyclic) bond motifs is 1. The van der Waals surface area contributed by atoms with Gasteiger partial charge in [0.25, 0.3) is 5.89 Å². The highest BCUT2D eigenvalue weighted by atomic mass is 19.1. The van der Waals surface area contributed by atoms with Crippen molar-refractivity contribution in [3.05, 3.63) is 53.3 Å². The topological polar surface area (TPSA) is 94.7 Å². The molecular weight excluding hydrogens is 331 g/mol. The van der Waals surface area contributed by atoms with Crippen LogP contribution in [0.1, 0.15) is 15.9 Å². The summed E-state index contributed by atoms with van der Waals surface area (Å²) >= 11 is 0. The molecule has 0 atom stereocenters. The zero-order valence-corrected chi connectivity index (χ0v) is 12.7. The summed E-state index contributed by atoms with van der Waals surface area (Å²) in [4.78, 5) is 11.1. The van der Waals surface area contributed by atoms with Crippen LogP contribution in [0, 0.1) is 5.82 Å². The number of carbonyl (C=O) groups is 1. The minimum absolute atomic E-state index is 0.0489. The molecule has 0 unspecified atom stereocenters. The number of hydrogen-bond acceptors (Lipinski definition) is 6. The molecule has 2 aromatic carbocycles. The Morgan fingerprint density at radius 1 is 1.16 bits per heavy atom. The van der Waals surface area contributed by atoms with E-state index in [9.17, 15) is 9.18 Å². The molecule has 0 spiro atoms. The van der Waals surface area contributed by atoms with Crippen LogP contribution in [0.3, 0.4) is 0 Å². The highest BCUT2D eigenvalue weighted by molar-refractivity contribution is 5.89. The summed E-state index contributed by atoms with van der Waals surface area (Å²) in [5.41, 5.74) is 1.43. The zero-order valence-electron chi connectivity index (χ0n) is 12.7. The van der Waals surface area contributed by atoms with Crippen molar-refractivity contribution >= 4 is 5.97 Å². The Bertz CT molecular complexity index is 969. The first-order valence-electron chi connectivity index (χ1n) is 7.32. The summed E-state index contributed by atoms with van der Waals surface area (Å²) < 4.78 is 30.0. The average molecular weight is 342 g/mol. The van der Waals surface area contributed by atoms with E-state index in [1.54, 1.807) is 12.1 Å². The fourth-order valence-electron chi connectivity index (χ4n) is 2.57. The van der Waals surface area contributed by atoms with E-state index in [2.05, 4.69) is 10.2 Å². The molecule has 0 saturated carbocycles. The molecule has 0 radical (unpaired) electrons. The van der Waals surface area contributed by atoms with Crippen LogP contribution in [0.2, 0.25) is 0 Å². The summed E-state index contributed by atoms with van der Waals surface area (Å²) in [7, 11) is 0. The lowest BCUT2D eigenvalue weighted by molar-refractivity contribution is -0.0162. The first-order chi connectivity index (χ1) is 12.1. The molecule has 2 heterocycles. The van der Waals surface area contributed by atoms with Gasteiger partial charge >= 0.3 is 5.97 Å². The van der Waals surface area contributed by atoms with Gasteiger partial charge in [-0.15, -0.1) is 10.2 Å². The van der Waals surface area contributed by atoms with E-state index >= 15 is 0 Å². The first-order valence-corrected chi connectivity index (χ1v) is 7.32. The maximum atomic E-state index is 13.8. The van der Waals surface area contributed by atoms with Crippen LogP contribution in [0.15, 0.2) is 40.8 Å². The fourth-order valence-corrected chi connectivity index (χ4v) is 2.57. The number of ether oxygens (including phenoxy) is 2.